The average molecular weight is 265 g/mol. The lowest BCUT2D eigenvalue weighted by molar-refractivity contribution is -0.115. The molecule has 1 aliphatic carbocycles. The topological polar surface area (TPSA) is 42.0 Å². The molecule has 1 aliphatic rings. The molecule has 2 rings (SSSR count). The lowest BCUT2D eigenvalue weighted by Crippen LogP contribution is -2.14. The Morgan fingerprint density at radius 2 is 2.28 bits per heavy atom. The number of aromatic nitrogens is 1. The molecule has 0 saturated heterocycles. The van der Waals surface area contributed by atoms with Crippen LogP contribution in [0.2, 0.25) is 5.15 Å². The highest BCUT2D eigenvalue weighted by molar-refractivity contribution is 6.29. The zero-order valence-electron chi connectivity index (χ0n) is 10.5. The molecule has 4 heteroatoms. The second-order valence-corrected chi connectivity index (χ2v) is 4.99. The van der Waals surface area contributed by atoms with Gasteiger partial charge in [0.05, 0.1) is 11.4 Å². The number of hydrogen-bond acceptors (Lipinski definition) is 2. The summed E-state index contributed by atoms with van der Waals surface area (Å²) in [7, 11) is 0. The summed E-state index contributed by atoms with van der Waals surface area (Å²) in [4.78, 5) is 16.0. The lowest BCUT2D eigenvalue weighted by atomic mass is 9.97. The number of allylic oxidation sites excluding steroid dienone is 1. The molecular formula is C14H17ClN2O. The van der Waals surface area contributed by atoms with E-state index in [9.17, 15) is 4.79 Å². The molecule has 0 aliphatic heterocycles. The highest BCUT2D eigenvalue weighted by Gasteiger charge is 2.10. The van der Waals surface area contributed by atoms with Crippen LogP contribution in [0.15, 0.2) is 23.8 Å². The largest absolute Gasteiger partial charge is 0.324 e. The fourth-order valence-corrected chi connectivity index (χ4v) is 2.32. The summed E-state index contributed by atoms with van der Waals surface area (Å²) in [6, 6.07) is 3.47. The molecule has 0 bridgehead atoms. The third-order valence-electron chi connectivity index (χ3n) is 3.10. The number of rotatable bonds is 3. The van der Waals surface area contributed by atoms with Crippen LogP contribution in [0.4, 0.5) is 5.69 Å². The number of hydrogen-bond donors (Lipinski definition) is 1. The normalized spacial score (nSPS) is 15.1. The van der Waals surface area contributed by atoms with Crippen molar-refractivity contribution in [1.82, 2.24) is 4.98 Å². The fourth-order valence-electron chi connectivity index (χ4n) is 2.13. The molecule has 0 fully saturated rings. The Bertz CT molecular complexity index is 483. The molecule has 0 radical (unpaired) electrons. The summed E-state index contributed by atoms with van der Waals surface area (Å²) in [5.41, 5.74) is 2.73. The van der Waals surface area contributed by atoms with Gasteiger partial charge in [0.1, 0.15) is 5.15 Å². The van der Waals surface area contributed by atoms with E-state index in [1.54, 1.807) is 12.1 Å². The van der Waals surface area contributed by atoms with E-state index in [1.807, 2.05) is 6.92 Å². The third kappa shape index (κ3) is 3.57. The minimum atomic E-state index is 0.0235. The summed E-state index contributed by atoms with van der Waals surface area (Å²) in [6.07, 6.45) is 7.26. The third-order valence-corrected chi connectivity index (χ3v) is 3.31. The quantitative estimate of drug-likeness (QED) is 0.665. The molecule has 96 valence electrons. The van der Waals surface area contributed by atoms with E-state index >= 15 is 0 Å². The number of carbonyl (C=O) groups is 1. The van der Waals surface area contributed by atoms with Crippen molar-refractivity contribution in [2.45, 2.75) is 39.0 Å². The minimum absolute atomic E-state index is 0.0235. The molecule has 18 heavy (non-hydrogen) atoms. The van der Waals surface area contributed by atoms with Gasteiger partial charge < -0.3 is 5.32 Å². The van der Waals surface area contributed by atoms with Crippen molar-refractivity contribution in [1.29, 1.82) is 0 Å². The Labute approximate surface area is 112 Å². The zero-order chi connectivity index (χ0) is 13.0. The maximum absolute atomic E-state index is 11.9. The van der Waals surface area contributed by atoms with Gasteiger partial charge in [0.15, 0.2) is 0 Å². The van der Waals surface area contributed by atoms with Gasteiger partial charge in [-0.05, 0) is 44.7 Å². The van der Waals surface area contributed by atoms with Gasteiger partial charge in [-0.2, -0.15) is 0 Å². The lowest BCUT2D eigenvalue weighted by Gasteiger charge is -2.13. The van der Waals surface area contributed by atoms with Crippen LogP contribution < -0.4 is 5.32 Å². The Balaban J connectivity index is 1.96. The van der Waals surface area contributed by atoms with Gasteiger partial charge in [-0.1, -0.05) is 23.3 Å². The second kappa shape index (κ2) is 6.01. The summed E-state index contributed by atoms with van der Waals surface area (Å²) in [6.45, 7) is 1.83. The first-order valence-electron chi connectivity index (χ1n) is 6.26. The average Bonchev–Trinajstić information content (AvgIpc) is 2.34. The van der Waals surface area contributed by atoms with Crippen molar-refractivity contribution in [2.24, 2.45) is 0 Å². The first-order valence-corrected chi connectivity index (χ1v) is 6.64. The Morgan fingerprint density at radius 1 is 1.44 bits per heavy atom. The minimum Gasteiger partial charge on any atom is -0.324 e. The predicted molar refractivity (Wildman–Crippen MR) is 73.8 cm³/mol. The Morgan fingerprint density at radius 3 is 2.94 bits per heavy atom. The molecule has 3 nitrogen and oxygen atoms in total. The summed E-state index contributed by atoms with van der Waals surface area (Å²) < 4.78 is 0. The highest BCUT2D eigenvalue weighted by atomic mass is 35.5. The van der Waals surface area contributed by atoms with E-state index in [-0.39, 0.29) is 5.91 Å². The van der Waals surface area contributed by atoms with Crippen LogP contribution in [0.1, 0.15) is 37.8 Å². The van der Waals surface area contributed by atoms with E-state index in [1.165, 1.54) is 18.4 Å². The number of pyridine rings is 1. The highest BCUT2D eigenvalue weighted by Crippen LogP contribution is 2.21. The van der Waals surface area contributed by atoms with Crippen molar-refractivity contribution < 1.29 is 4.79 Å². The molecule has 1 aromatic heterocycles. The zero-order valence-corrected chi connectivity index (χ0v) is 11.3. The maximum Gasteiger partial charge on any atom is 0.228 e. The molecule has 1 aromatic rings. The molecular weight excluding hydrogens is 248 g/mol. The van der Waals surface area contributed by atoms with Crippen molar-refractivity contribution in [2.75, 3.05) is 5.32 Å². The molecule has 0 saturated carbocycles. The second-order valence-electron chi connectivity index (χ2n) is 4.60. The first kappa shape index (κ1) is 13.1. The maximum atomic E-state index is 11.9. The van der Waals surface area contributed by atoms with E-state index in [0.717, 1.165) is 24.2 Å². The number of nitrogens with one attached hydrogen (secondary N) is 1. The van der Waals surface area contributed by atoms with Crippen LogP contribution in [0.5, 0.6) is 0 Å². The van der Waals surface area contributed by atoms with Gasteiger partial charge in [0.25, 0.3) is 0 Å². The van der Waals surface area contributed by atoms with E-state index in [2.05, 4.69) is 16.4 Å². The molecule has 1 heterocycles. The predicted octanol–water partition coefficient (Wildman–Crippen LogP) is 3.87. The number of carbonyl (C=O) groups excluding carboxylic acids is 1. The van der Waals surface area contributed by atoms with Gasteiger partial charge >= 0.3 is 0 Å². The molecule has 1 amide bonds. The van der Waals surface area contributed by atoms with Gasteiger partial charge in [-0.25, -0.2) is 4.98 Å². The number of aryl methyl sites for hydroxylation is 1. The SMILES string of the molecule is Cc1nc(Cl)ccc1NC(=O)CC1=CCCCC1. The molecule has 0 spiro atoms. The van der Waals surface area contributed by atoms with Crippen LogP contribution in [0, 0.1) is 6.92 Å². The molecule has 1 N–H and O–H groups in total. The van der Waals surface area contributed by atoms with Crippen LogP contribution in [-0.4, -0.2) is 10.9 Å². The number of amides is 1. The molecule has 0 unspecified atom stereocenters. The summed E-state index contributed by atoms with van der Waals surface area (Å²) >= 11 is 5.78. The number of nitrogens with zero attached hydrogens (tertiary/aromatic N) is 1. The summed E-state index contributed by atoms with van der Waals surface area (Å²) in [5.74, 6) is 0.0235. The van der Waals surface area contributed by atoms with Gasteiger partial charge in [-0.15, -0.1) is 0 Å². The summed E-state index contributed by atoms with van der Waals surface area (Å²) in [5, 5.41) is 3.33. The fraction of sp³-hybridized carbons (Fsp3) is 0.429. The van der Waals surface area contributed by atoms with E-state index in [4.69, 9.17) is 11.6 Å². The van der Waals surface area contributed by atoms with Gasteiger partial charge in [0, 0.05) is 6.42 Å². The van der Waals surface area contributed by atoms with Crippen molar-refractivity contribution in [3.63, 3.8) is 0 Å². The van der Waals surface area contributed by atoms with Crippen LogP contribution in [0.3, 0.4) is 0 Å². The standard InChI is InChI=1S/C14H17ClN2O/c1-10-12(7-8-13(15)16-10)17-14(18)9-11-5-3-2-4-6-11/h5,7-8H,2-4,6,9H2,1H3,(H,17,18). The Kier molecular flexibility index (Phi) is 4.37. The monoisotopic (exact) mass is 264 g/mol. The van der Waals surface area contributed by atoms with Crippen LogP contribution in [0.25, 0.3) is 0 Å². The molecule has 0 aromatic carbocycles. The van der Waals surface area contributed by atoms with Crippen molar-refractivity contribution in [3.8, 4) is 0 Å². The van der Waals surface area contributed by atoms with Crippen LogP contribution >= 0.6 is 11.6 Å². The van der Waals surface area contributed by atoms with Crippen LogP contribution in [-0.2, 0) is 4.79 Å². The van der Waals surface area contributed by atoms with Gasteiger partial charge in [-0.3, -0.25) is 4.79 Å². The van der Waals surface area contributed by atoms with E-state index < -0.39 is 0 Å². The van der Waals surface area contributed by atoms with E-state index in [0.29, 0.717) is 11.6 Å². The Hall–Kier alpha value is -1.35. The first-order chi connectivity index (χ1) is 8.65. The number of anilines is 1. The smallest absolute Gasteiger partial charge is 0.228 e. The van der Waals surface area contributed by atoms with Crippen molar-refractivity contribution >= 4 is 23.2 Å². The number of halogens is 1. The molecule has 0 atom stereocenters. The van der Waals surface area contributed by atoms with Gasteiger partial charge in [0.2, 0.25) is 5.91 Å². The van der Waals surface area contributed by atoms with Crippen molar-refractivity contribution in [3.05, 3.63) is 34.6 Å².